The topological polar surface area (TPSA) is 38.4 Å². The molecule has 2 nitrogen and oxygen atoms in total. The molecule has 2 aromatic carbocycles. The van der Waals surface area contributed by atoms with E-state index in [1.54, 1.807) is 0 Å². The van der Waals surface area contributed by atoms with Gasteiger partial charge in [-0.1, -0.05) is 41.9 Å². The fourth-order valence-corrected chi connectivity index (χ4v) is 1.95. The maximum atomic E-state index is 14.2. The summed E-state index contributed by atoms with van der Waals surface area (Å²) in [4.78, 5) is 0. The Balaban J connectivity index is 2.44. The van der Waals surface area contributed by atoms with E-state index in [-0.39, 0.29) is 22.7 Å². The van der Waals surface area contributed by atoms with Crippen molar-refractivity contribution in [2.45, 2.75) is 6.42 Å². The lowest BCUT2D eigenvalue weighted by atomic mass is 10.0. The van der Waals surface area contributed by atoms with Crippen LogP contribution in [0.1, 0.15) is 16.7 Å². The zero-order valence-electron chi connectivity index (χ0n) is 9.91. The molecule has 2 N–H and O–H groups in total. The smallest absolute Gasteiger partial charge is 0.158 e. The van der Waals surface area contributed by atoms with Gasteiger partial charge in [-0.05, 0) is 23.3 Å². The van der Waals surface area contributed by atoms with Gasteiger partial charge in [0.25, 0.3) is 0 Å². The van der Waals surface area contributed by atoms with E-state index >= 15 is 0 Å². The van der Waals surface area contributed by atoms with E-state index in [0.29, 0.717) is 0 Å². The van der Waals surface area contributed by atoms with Crippen LogP contribution in [0.4, 0.5) is 8.78 Å². The first-order valence-electron chi connectivity index (χ1n) is 5.57. The second kappa shape index (κ2) is 5.80. The highest BCUT2D eigenvalue weighted by molar-refractivity contribution is 6.69. The summed E-state index contributed by atoms with van der Waals surface area (Å²) in [6, 6.07) is 11.3. The highest BCUT2D eigenvalue weighted by atomic mass is 35.5. The van der Waals surface area contributed by atoms with E-state index in [1.165, 1.54) is 0 Å². The molecule has 0 saturated carbocycles. The van der Waals surface area contributed by atoms with Crippen molar-refractivity contribution in [3.8, 4) is 0 Å². The Morgan fingerprint density at radius 1 is 1.16 bits per heavy atom. The second-order valence-corrected chi connectivity index (χ2v) is 4.37. The Labute approximate surface area is 114 Å². The SMILES string of the molecule is NN=C(Cl)c1cc(F)cc(Cc2ccccc2)c1F. The predicted octanol–water partition coefficient (Wildman–Crippen LogP) is 3.41. The van der Waals surface area contributed by atoms with Crippen molar-refractivity contribution in [2.75, 3.05) is 0 Å². The molecule has 0 bridgehead atoms. The van der Waals surface area contributed by atoms with Gasteiger partial charge >= 0.3 is 0 Å². The number of hydrogen-bond acceptors (Lipinski definition) is 2. The van der Waals surface area contributed by atoms with Crippen LogP contribution in [0.15, 0.2) is 47.6 Å². The van der Waals surface area contributed by atoms with Gasteiger partial charge in [-0.3, -0.25) is 0 Å². The lowest BCUT2D eigenvalue weighted by molar-refractivity contribution is 0.586. The molecule has 0 heterocycles. The summed E-state index contributed by atoms with van der Waals surface area (Å²) < 4.78 is 27.7. The van der Waals surface area contributed by atoms with E-state index < -0.39 is 11.6 Å². The molecule has 0 aliphatic heterocycles. The van der Waals surface area contributed by atoms with Crippen molar-refractivity contribution in [1.29, 1.82) is 0 Å². The Bertz CT molecular complexity index is 612. The van der Waals surface area contributed by atoms with Crippen LogP contribution >= 0.6 is 11.6 Å². The van der Waals surface area contributed by atoms with Crippen LogP contribution < -0.4 is 5.84 Å². The number of rotatable bonds is 3. The summed E-state index contributed by atoms with van der Waals surface area (Å²) in [6.07, 6.45) is 0.270. The van der Waals surface area contributed by atoms with Gasteiger partial charge in [-0.15, -0.1) is 0 Å². The molecule has 0 amide bonds. The maximum Gasteiger partial charge on any atom is 0.158 e. The Morgan fingerprint density at radius 3 is 2.47 bits per heavy atom. The zero-order valence-corrected chi connectivity index (χ0v) is 10.7. The molecule has 0 aliphatic rings. The number of halogens is 3. The third kappa shape index (κ3) is 3.09. The summed E-state index contributed by atoms with van der Waals surface area (Å²) in [5.74, 6) is 3.81. The summed E-state index contributed by atoms with van der Waals surface area (Å²) in [7, 11) is 0. The first kappa shape index (κ1) is 13.5. The molecule has 0 atom stereocenters. The molecular formula is C14H11ClF2N2. The first-order valence-corrected chi connectivity index (χ1v) is 5.95. The molecule has 2 aromatic rings. The number of hydrazone groups is 1. The fraction of sp³-hybridized carbons (Fsp3) is 0.0714. The quantitative estimate of drug-likeness (QED) is 0.522. The number of hydrogen-bond donors (Lipinski definition) is 1. The number of benzene rings is 2. The molecule has 98 valence electrons. The molecule has 0 radical (unpaired) electrons. The van der Waals surface area contributed by atoms with Gasteiger partial charge in [0, 0.05) is 6.42 Å². The molecule has 0 fully saturated rings. The summed E-state index contributed by atoms with van der Waals surface area (Å²) in [5, 5.41) is 2.93. The van der Waals surface area contributed by atoms with E-state index in [4.69, 9.17) is 17.4 Å². The summed E-state index contributed by atoms with van der Waals surface area (Å²) in [5.41, 5.74) is 0.955. The van der Waals surface area contributed by atoms with Gasteiger partial charge in [0.2, 0.25) is 0 Å². The molecule has 0 unspecified atom stereocenters. The summed E-state index contributed by atoms with van der Waals surface area (Å²) >= 11 is 5.66. The van der Waals surface area contributed by atoms with Gasteiger partial charge in [0.15, 0.2) is 5.17 Å². The highest BCUT2D eigenvalue weighted by Gasteiger charge is 2.14. The van der Waals surface area contributed by atoms with Gasteiger partial charge in [-0.2, -0.15) is 5.10 Å². The minimum atomic E-state index is -0.607. The van der Waals surface area contributed by atoms with Gasteiger partial charge < -0.3 is 5.84 Å². The minimum absolute atomic E-state index is 0.130. The normalized spacial score (nSPS) is 11.6. The van der Waals surface area contributed by atoms with Gasteiger partial charge in [0.05, 0.1) is 5.56 Å². The monoisotopic (exact) mass is 280 g/mol. The molecule has 0 saturated heterocycles. The third-order valence-corrected chi connectivity index (χ3v) is 2.99. The zero-order chi connectivity index (χ0) is 13.8. The Hall–Kier alpha value is -1.94. The fourth-order valence-electron chi connectivity index (χ4n) is 1.81. The first-order chi connectivity index (χ1) is 9.11. The van der Waals surface area contributed by atoms with Crippen molar-refractivity contribution in [3.05, 3.63) is 70.8 Å². The van der Waals surface area contributed by atoms with Crippen LogP contribution in [0.3, 0.4) is 0 Å². The van der Waals surface area contributed by atoms with Crippen molar-refractivity contribution in [2.24, 2.45) is 10.9 Å². The van der Waals surface area contributed by atoms with Crippen LogP contribution in [-0.2, 0) is 6.42 Å². The van der Waals surface area contributed by atoms with E-state index in [0.717, 1.165) is 17.7 Å². The van der Waals surface area contributed by atoms with E-state index in [1.807, 2.05) is 30.3 Å². The minimum Gasteiger partial charge on any atom is -0.322 e. The lowest BCUT2D eigenvalue weighted by Crippen LogP contribution is -2.05. The van der Waals surface area contributed by atoms with E-state index in [9.17, 15) is 8.78 Å². The number of nitrogens with zero attached hydrogens (tertiary/aromatic N) is 1. The highest BCUT2D eigenvalue weighted by Crippen LogP contribution is 2.20. The average Bonchev–Trinajstić information content (AvgIpc) is 2.42. The molecule has 0 aliphatic carbocycles. The number of nitrogens with two attached hydrogens (primary N) is 1. The maximum absolute atomic E-state index is 14.2. The third-order valence-electron chi connectivity index (χ3n) is 2.69. The van der Waals surface area contributed by atoms with Crippen LogP contribution in [0.2, 0.25) is 0 Å². The molecule has 0 spiro atoms. The molecule has 2 rings (SSSR count). The van der Waals surface area contributed by atoms with Gasteiger partial charge in [-0.25, -0.2) is 8.78 Å². The van der Waals surface area contributed by atoms with Crippen LogP contribution in [-0.4, -0.2) is 5.17 Å². The standard InChI is InChI=1S/C14H11ClF2N2/c15-14(19-18)12-8-11(16)7-10(13(12)17)6-9-4-2-1-3-5-9/h1-5,7-8H,6,18H2. The molecular weight excluding hydrogens is 270 g/mol. The van der Waals surface area contributed by atoms with Crippen molar-refractivity contribution >= 4 is 16.8 Å². The molecule has 19 heavy (non-hydrogen) atoms. The lowest BCUT2D eigenvalue weighted by Gasteiger charge is -2.08. The molecule has 0 aromatic heterocycles. The van der Waals surface area contributed by atoms with Crippen molar-refractivity contribution < 1.29 is 8.78 Å². The van der Waals surface area contributed by atoms with Gasteiger partial charge in [0.1, 0.15) is 11.6 Å². The summed E-state index contributed by atoms with van der Waals surface area (Å²) in [6.45, 7) is 0. The van der Waals surface area contributed by atoms with E-state index in [2.05, 4.69) is 5.10 Å². The second-order valence-electron chi connectivity index (χ2n) is 4.01. The molecule has 5 heteroatoms. The van der Waals surface area contributed by atoms with Crippen LogP contribution in [0.25, 0.3) is 0 Å². The van der Waals surface area contributed by atoms with Crippen molar-refractivity contribution in [1.82, 2.24) is 0 Å². The van der Waals surface area contributed by atoms with Crippen LogP contribution in [0, 0.1) is 11.6 Å². The van der Waals surface area contributed by atoms with Crippen LogP contribution in [0.5, 0.6) is 0 Å². The predicted molar refractivity (Wildman–Crippen MR) is 72.2 cm³/mol. The van der Waals surface area contributed by atoms with Crippen molar-refractivity contribution in [3.63, 3.8) is 0 Å². The average molecular weight is 281 g/mol. The Kier molecular flexibility index (Phi) is 4.12. The Morgan fingerprint density at radius 2 is 1.84 bits per heavy atom. The largest absolute Gasteiger partial charge is 0.322 e.